The third-order valence-electron chi connectivity index (χ3n) is 2.56. The molecule has 0 aliphatic rings. The maximum absolute atomic E-state index is 11.8. The summed E-state index contributed by atoms with van der Waals surface area (Å²) in [7, 11) is 0. The molecule has 7 nitrogen and oxygen atoms in total. The lowest BCUT2D eigenvalue weighted by molar-refractivity contribution is -0.389. The van der Waals surface area contributed by atoms with Crippen LogP contribution >= 0.6 is 15.9 Å². The average Bonchev–Trinajstić information content (AvgIpc) is 2.82. The summed E-state index contributed by atoms with van der Waals surface area (Å²) in [5.74, 6) is -0.581. The van der Waals surface area contributed by atoms with Crippen molar-refractivity contribution in [1.29, 1.82) is 0 Å². The van der Waals surface area contributed by atoms with Crippen molar-refractivity contribution in [3.8, 4) is 0 Å². The third kappa shape index (κ3) is 3.41. The maximum Gasteiger partial charge on any atom is 0.389 e. The number of aromatic nitrogens is 2. The first-order valence-electron chi connectivity index (χ1n) is 5.69. The number of anilines is 1. The lowest BCUT2D eigenvalue weighted by Gasteiger charge is -2.06. The molecule has 1 heterocycles. The van der Waals surface area contributed by atoms with Crippen LogP contribution in [-0.2, 0) is 11.3 Å². The Morgan fingerprint density at radius 2 is 2.25 bits per heavy atom. The van der Waals surface area contributed by atoms with Crippen LogP contribution in [0.5, 0.6) is 0 Å². The van der Waals surface area contributed by atoms with Crippen molar-refractivity contribution in [1.82, 2.24) is 9.78 Å². The van der Waals surface area contributed by atoms with Gasteiger partial charge in [0.15, 0.2) is 0 Å². The van der Waals surface area contributed by atoms with Gasteiger partial charge in [-0.1, -0.05) is 15.9 Å². The normalized spacial score (nSPS) is 10.3. The van der Waals surface area contributed by atoms with Crippen LogP contribution in [0.1, 0.15) is 5.56 Å². The number of nitrogens with one attached hydrogen (secondary N) is 1. The third-order valence-corrected chi connectivity index (χ3v) is 3.45. The van der Waals surface area contributed by atoms with Crippen molar-refractivity contribution >= 4 is 33.3 Å². The van der Waals surface area contributed by atoms with E-state index in [-0.39, 0.29) is 18.3 Å². The van der Waals surface area contributed by atoms with Crippen LogP contribution in [-0.4, -0.2) is 20.6 Å². The zero-order chi connectivity index (χ0) is 14.7. The van der Waals surface area contributed by atoms with Crippen LogP contribution in [0.25, 0.3) is 0 Å². The van der Waals surface area contributed by atoms with Crippen LogP contribution < -0.4 is 5.32 Å². The molecule has 0 aliphatic carbocycles. The van der Waals surface area contributed by atoms with Gasteiger partial charge in [-0.25, -0.2) is 0 Å². The molecule has 0 atom stereocenters. The minimum atomic E-state index is -0.605. The smallest absolute Gasteiger partial charge is 0.358 e. The van der Waals surface area contributed by atoms with Crippen molar-refractivity contribution < 1.29 is 9.72 Å². The van der Waals surface area contributed by atoms with Crippen LogP contribution in [0.4, 0.5) is 11.5 Å². The summed E-state index contributed by atoms with van der Waals surface area (Å²) in [4.78, 5) is 21.7. The van der Waals surface area contributed by atoms with E-state index in [0.29, 0.717) is 5.69 Å². The van der Waals surface area contributed by atoms with E-state index in [0.717, 1.165) is 10.0 Å². The largest absolute Gasteiger partial charge is 0.389 e. The van der Waals surface area contributed by atoms with Crippen LogP contribution in [0.2, 0.25) is 0 Å². The molecule has 2 aromatic rings. The Labute approximate surface area is 122 Å². The van der Waals surface area contributed by atoms with Gasteiger partial charge in [-0.15, -0.1) is 0 Å². The maximum atomic E-state index is 11.8. The molecule has 0 radical (unpaired) electrons. The lowest BCUT2D eigenvalue weighted by atomic mass is 10.2. The molecular formula is C12H11BrN4O3. The Morgan fingerprint density at radius 1 is 1.50 bits per heavy atom. The van der Waals surface area contributed by atoms with Gasteiger partial charge in [-0.05, 0) is 35.6 Å². The highest BCUT2D eigenvalue weighted by Crippen LogP contribution is 2.20. The zero-order valence-electron chi connectivity index (χ0n) is 10.5. The highest BCUT2D eigenvalue weighted by atomic mass is 79.9. The van der Waals surface area contributed by atoms with Crippen molar-refractivity contribution in [2.75, 3.05) is 5.32 Å². The number of nitro groups is 1. The predicted molar refractivity (Wildman–Crippen MR) is 76.4 cm³/mol. The molecule has 1 aromatic carbocycles. The Hall–Kier alpha value is -2.22. The number of nitrogens with zero attached hydrogens (tertiary/aromatic N) is 3. The van der Waals surface area contributed by atoms with E-state index in [4.69, 9.17) is 0 Å². The van der Waals surface area contributed by atoms with E-state index in [2.05, 4.69) is 26.3 Å². The molecule has 0 spiro atoms. The van der Waals surface area contributed by atoms with Crippen molar-refractivity contribution in [3.63, 3.8) is 0 Å². The van der Waals surface area contributed by atoms with Gasteiger partial charge >= 0.3 is 5.82 Å². The number of benzene rings is 1. The number of amides is 1. The molecular weight excluding hydrogens is 328 g/mol. The van der Waals surface area contributed by atoms with E-state index in [1.807, 2.05) is 19.1 Å². The molecule has 0 bridgehead atoms. The molecule has 0 unspecified atom stereocenters. The molecule has 1 aromatic heterocycles. The summed E-state index contributed by atoms with van der Waals surface area (Å²) in [6, 6.07) is 6.68. The van der Waals surface area contributed by atoms with Gasteiger partial charge < -0.3 is 15.4 Å². The number of hydrogen-bond acceptors (Lipinski definition) is 4. The van der Waals surface area contributed by atoms with Gasteiger partial charge in [0.2, 0.25) is 5.91 Å². The van der Waals surface area contributed by atoms with Gasteiger partial charge in [-0.2, -0.15) is 4.68 Å². The fraction of sp³-hybridized carbons (Fsp3) is 0.167. The van der Waals surface area contributed by atoms with Gasteiger partial charge in [0.05, 0.1) is 17.4 Å². The molecule has 0 fully saturated rings. The summed E-state index contributed by atoms with van der Waals surface area (Å²) >= 11 is 3.37. The van der Waals surface area contributed by atoms with E-state index < -0.39 is 4.92 Å². The second-order valence-corrected chi connectivity index (χ2v) is 5.00. The fourth-order valence-corrected chi connectivity index (χ4v) is 1.85. The van der Waals surface area contributed by atoms with E-state index in [1.165, 1.54) is 16.9 Å². The molecule has 0 saturated heterocycles. The van der Waals surface area contributed by atoms with Gasteiger partial charge in [0.1, 0.15) is 6.54 Å². The lowest BCUT2D eigenvalue weighted by Crippen LogP contribution is -2.19. The number of halogens is 1. The Morgan fingerprint density at radius 3 is 2.85 bits per heavy atom. The van der Waals surface area contributed by atoms with Crippen LogP contribution in [0.3, 0.4) is 0 Å². The average molecular weight is 339 g/mol. The fourth-order valence-electron chi connectivity index (χ4n) is 1.61. The van der Waals surface area contributed by atoms with E-state index >= 15 is 0 Å². The molecule has 8 heteroatoms. The minimum Gasteiger partial charge on any atom is -0.358 e. The summed E-state index contributed by atoms with van der Waals surface area (Å²) in [5, 5.41) is 16.9. The van der Waals surface area contributed by atoms with Crippen molar-refractivity contribution in [2.24, 2.45) is 0 Å². The minimum absolute atomic E-state index is 0.0804. The zero-order valence-corrected chi connectivity index (χ0v) is 12.1. The van der Waals surface area contributed by atoms with E-state index in [1.54, 1.807) is 6.07 Å². The second-order valence-electron chi connectivity index (χ2n) is 4.14. The number of hydrogen-bond donors (Lipinski definition) is 1. The number of aryl methyl sites for hydroxylation is 1. The molecule has 0 aliphatic heterocycles. The first kappa shape index (κ1) is 14.2. The summed E-state index contributed by atoms with van der Waals surface area (Å²) in [6.45, 7) is 1.83. The summed E-state index contributed by atoms with van der Waals surface area (Å²) in [6.07, 6.45) is 1.39. The number of carbonyl (C=O) groups is 1. The predicted octanol–water partition coefficient (Wildman–Crippen LogP) is 2.50. The Balaban J connectivity index is 2.01. The van der Waals surface area contributed by atoms with Gasteiger partial charge in [0, 0.05) is 10.2 Å². The van der Waals surface area contributed by atoms with Crippen LogP contribution in [0.15, 0.2) is 34.9 Å². The Bertz CT molecular complexity index is 668. The summed E-state index contributed by atoms with van der Waals surface area (Å²) in [5.41, 5.74) is 1.66. The van der Waals surface area contributed by atoms with Crippen LogP contribution in [0, 0.1) is 17.0 Å². The van der Waals surface area contributed by atoms with Gasteiger partial charge in [-0.3, -0.25) is 4.79 Å². The first-order valence-corrected chi connectivity index (χ1v) is 6.49. The van der Waals surface area contributed by atoms with E-state index in [9.17, 15) is 14.9 Å². The number of rotatable bonds is 4. The highest BCUT2D eigenvalue weighted by molar-refractivity contribution is 9.10. The SMILES string of the molecule is Cc1cc(NC(=O)Cn2ccc([N+](=O)[O-])n2)ccc1Br. The van der Waals surface area contributed by atoms with Crippen molar-refractivity contribution in [2.45, 2.75) is 13.5 Å². The first-order chi connectivity index (χ1) is 9.45. The second kappa shape index (κ2) is 5.83. The van der Waals surface area contributed by atoms with Crippen molar-refractivity contribution in [3.05, 3.63) is 50.6 Å². The summed E-state index contributed by atoms with van der Waals surface area (Å²) < 4.78 is 2.18. The Kier molecular flexibility index (Phi) is 4.14. The molecule has 2 rings (SSSR count). The topological polar surface area (TPSA) is 90.1 Å². The molecule has 0 saturated carbocycles. The molecule has 1 amide bonds. The standard InChI is InChI=1S/C12H11BrN4O3/c1-8-6-9(2-3-10(8)13)14-12(18)7-16-5-4-11(15-16)17(19)20/h2-6H,7H2,1H3,(H,14,18). The highest BCUT2D eigenvalue weighted by Gasteiger charge is 2.13. The quantitative estimate of drug-likeness (QED) is 0.684. The number of carbonyl (C=O) groups excluding carboxylic acids is 1. The molecule has 1 N–H and O–H groups in total. The van der Waals surface area contributed by atoms with Gasteiger partial charge in [0.25, 0.3) is 0 Å². The monoisotopic (exact) mass is 338 g/mol. The molecule has 20 heavy (non-hydrogen) atoms. The molecule has 104 valence electrons.